The van der Waals surface area contributed by atoms with Crippen LogP contribution in [0.25, 0.3) is 11.1 Å². The van der Waals surface area contributed by atoms with Gasteiger partial charge in [0.15, 0.2) is 0 Å². The number of methoxy groups -OCH3 is 1. The van der Waals surface area contributed by atoms with Crippen LogP contribution in [0.4, 0.5) is 17.3 Å². The monoisotopic (exact) mass is 611 g/mol. The van der Waals surface area contributed by atoms with Crippen molar-refractivity contribution in [3.05, 3.63) is 60.7 Å². The first-order valence-electron chi connectivity index (χ1n) is 14.7. The standard InChI is InChI=1S/C30H35N10O3Si/c1-41-29-15-25(40-9-3-4-26(40)19-38-10-12-42-13-11-38)7-8-27(29)35-30-32-17-24(18-33-30)22-5-6-23(16-31)28(14-22)43-44(2)21-39-20-34-36-37-39/h5-8,14-15,17-18,20,26H,3-4,9-13,19,21H2,1-2H3,(H,32,33,35). The molecular weight excluding hydrogens is 576 g/mol. The third kappa shape index (κ3) is 6.96. The summed E-state index contributed by atoms with van der Waals surface area (Å²) < 4.78 is 19.1. The zero-order valence-corrected chi connectivity index (χ0v) is 25.9. The van der Waals surface area contributed by atoms with Crippen molar-refractivity contribution in [3.8, 4) is 28.7 Å². The number of nitrogens with one attached hydrogen (secondary N) is 1. The van der Waals surface area contributed by atoms with Crippen LogP contribution in [-0.2, 0) is 10.9 Å². The zero-order chi connectivity index (χ0) is 30.3. The minimum atomic E-state index is -1.35. The molecule has 6 rings (SSSR count). The molecule has 1 unspecified atom stereocenters. The first-order valence-corrected chi connectivity index (χ1v) is 16.8. The van der Waals surface area contributed by atoms with Crippen molar-refractivity contribution in [3.63, 3.8) is 0 Å². The number of tetrazole rings is 1. The number of anilines is 3. The summed E-state index contributed by atoms with van der Waals surface area (Å²) in [7, 11) is 0.327. The van der Waals surface area contributed by atoms with E-state index in [0.717, 1.165) is 67.6 Å². The SMILES string of the molecule is COc1cc(N2CCCC2CN2CCOCC2)ccc1Nc1ncc(-c2ccc(C#N)c(O[Si](C)Cn3cnnn3)c2)cn1. The molecule has 2 aliphatic rings. The molecule has 0 spiro atoms. The van der Waals surface area contributed by atoms with Gasteiger partial charge in [-0.3, -0.25) is 4.90 Å². The number of nitrogens with zero attached hydrogens (tertiary/aromatic N) is 9. The molecule has 2 aromatic carbocycles. The van der Waals surface area contributed by atoms with Crippen LogP contribution in [0.5, 0.6) is 11.5 Å². The lowest BCUT2D eigenvalue weighted by Gasteiger charge is -2.34. The second-order valence-electron chi connectivity index (χ2n) is 10.8. The van der Waals surface area contributed by atoms with Gasteiger partial charge in [0.25, 0.3) is 9.04 Å². The van der Waals surface area contributed by atoms with Crippen LogP contribution in [-0.4, -0.2) is 96.7 Å². The highest BCUT2D eigenvalue weighted by Crippen LogP contribution is 2.35. The average Bonchev–Trinajstić information content (AvgIpc) is 3.74. The van der Waals surface area contributed by atoms with Crippen LogP contribution in [0, 0.1) is 11.3 Å². The summed E-state index contributed by atoms with van der Waals surface area (Å²) in [6.45, 7) is 7.72. The largest absolute Gasteiger partial charge is 0.539 e. The summed E-state index contributed by atoms with van der Waals surface area (Å²) in [5.74, 6) is 1.71. The Bertz CT molecular complexity index is 1580. The first kappa shape index (κ1) is 29.5. The van der Waals surface area contributed by atoms with Gasteiger partial charge < -0.3 is 24.1 Å². The van der Waals surface area contributed by atoms with Gasteiger partial charge in [-0.1, -0.05) is 6.07 Å². The highest BCUT2D eigenvalue weighted by molar-refractivity contribution is 6.49. The Kier molecular flexibility index (Phi) is 9.25. The molecule has 2 saturated heterocycles. The summed E-state index contributed by atoms with van der Waals surface area (Å²) >= 11 is 0. The zero-order valence-electron chi connectivity index (χ0n) is 24.9. The Labute approximate surface area is 258 Å². The average molecular weight is 612 g/mol. The highest BCUT2D eigenvalue weighted by Gasteiger charge is 2.28. The van der Waals surface area contributed by atoms with E-state index in [2.05, 4.69) is 58.8 Å². The maximum absolute atomic E-state index is 9.62. The summed E-state index contributed by atoms with van der Waals surface area (Å²) in [6, 6.07) is 14.4. The lowest BCUT2D eigenvalue weighted by atomic mass is 10.1. The van der Waals surface area contributed by atoms with Gasteiger partial charge in [0.05, 0.1) is 37.7 Å². The van der Waals surface area contributed by atoms with Crippen LogP contribution in [0.2, 0.25) is 6.55 Å². The Morgan fingerprint density at radius 3 is 2.66 bits per heavy atom. The molecule has 1 atom stereocenters. The molecule has 13 nitrogen and oxygen atoms in total. The fourth-order valence-corrected chi connectivity index (χ4v) is 6.86. The summed E-state index contributed by atoms with van der Waals surface area (Å²) in [6.07, 6.45) is 7.97. The van der Waals surface area contributed by atoms with Gasteiger partial charge in [0.1, 0.15) is 23.9 Å². The van der Waals surface area contributed by atoms with Crippen LogP contribution in [0.3, 0.4) is 0 Å². The molecule has 14 heteroatoms. The second-order valence-corrected chi connectivity index (χ2v) is 12.8. The Balaban J connectivity index is 1.13. The number of ether oxygens (including phenoxy) is 2. The van der Waals surface area contributed by atoms with Gasteiger partial charge in [0, 0.05) is 61.9 Å². The van der Waals surface area contributed by atoms with Crippen molar-refractivity contribution in [2.24, 2.45) is 0 Å². The van der Waals surface area contributed by atoms with Crippen molar-refractivity contribution >= 4 is 26.4 Å². The quantitative estimate of drug-likeness (QED) is 0.249. The summed E-state index contributed by atoms with van der Waals surface area (Å²) in [5.41, 5.74) is 4.07. The fraction of sp³-hybridized carbons (Fsp3) is 0.400. The Morgan fingerprint density at radius 2 is 1.91 bits per heavy atom. The van der Waals surface area contributed by atoms with Crippen molar-refractivity contribution in [2.45, 2.75) is 31.6 Å². The van der Waals surface area contributed by atoms with E-state index in [4.69, 9.17) is 13.9 Å². The van der Waals surface area contributed by atoms with Crippen molar-refractivity contribution < 1.29 is 13.9 Å². The van der Waals surface area contributed by atoms with Crippen LogP contribution in [0.15, 0.2) is 55.1 Å². The molecule has 1 radical (unpaired) electrons. The molecule has 0 aliphatic carbocycles. The van der Waals surface area contributed by atoms with Crippen molar-refractivity contribution in [1.82, 2.24) is 35.1 Å². The van der Waals surface area contributed by atoms with Crippen molar-refractivity contribution in [2.75, 3.05) is 56.7 Å². The molecular formula is C30H35N10O3Si. The third-order valence-electron chi connectivity index (χ3n) is 7.86. The van der Waals surface area contributed by atoms with E-state index < -0.39 is 9.04 Å². The normalized spacial score (nSPS) is 17.0. The predicted octanol–water partition coefficient (Wildman–Crippen LogP) is 3.29. The molecule has 0 amide bonds. The lowest BCUT2D eigenvalue weighted by Crippen LogP contribution is -2.45. The number of benzene rings is 2. The maximum atomic E-state index is 9.62. The van der Waals surface area contributed by atoms with E-state index in [9.17, 15) is 5.26 Å². The molecule has 2 fully saturated rings. The van der Waals surface area contributed by atoms with E-state index >= 15 is 0 Å². The smallest absolute Gasteiger partial charge is 0.300 e. The highest BCUT2D eigenvalue weighted by atomic mass is 28.3. The van der Waals surface area contributed by atoms with Crippen molar-refractivity contribution in [1.29, 1.82) is 5.26 Å². The topological polar surface area (TPSA) is 139 Å². The number of hydrogen-bond donors (Lipinski definition) is 1. The van der Waals surface area contributed by atoms with Gasteiger partial charge in [-0.05, 0) is 59.6 Å². The van der Waals surface area contributed by atoms with E-state index in [-0.39, 0.29) is 0 Å². The third-order valence-corrected chi connectivity index (χ3v) is 9.20. The van der Waals surface area contributed by atoms with E-state index in [0.29, 0.717) is 29.5 Å². The maximum Gasteiger partial charge on any atom is 0.300 e. The van der Waals surface area contributed by atoms with Crippen LogP contribution in [0.1, 0.15) is 18.4 Å². The molecule has 4 aromatic rings. The lowest BCUT2D eigenvalue weighted by molar-refractivity contribution is 0.0355. The minimum Gasteiger partial charge on any atom is -0.539 e. The Hall–Kier alpha value is -4.58. The molecule has 44 heavy (non-hydrogen) atoms. The molecule has 4 heterocycles. The predicted molar refractivity (Wildman–Crippen MR) is 166 cm³/mol. The van der Waals surface area contributed by atoms with E-state index in [1.165, 1.54) is 12.8 Å². The second kappa shape index (κ2) is 13.8. The van der Waals surface area contributed by atoms with Crippen LogP contribution < -0.4 is 19.4 Å². The molecule has 0 bridgehead atoms. The number of nitriles is 1. The number of rotatable bonds is 11. The fourth-order valence-electron chi connectivity index (χ4n) is 5.65. The van der Waals surface area contributed by atoms with Gasteiger partial charge in [-0.2, -0.15) is 5.26 Å². The summed E-state index contributed by atoms with van der Waals surface area (Å²) in [5, 5.41) is 24.1. The Morgan fingerprint density at radius 1 is 1.07 bits per heavy atom. The number of morpholine rings is 1. The van der Waals surface area contributed by atoms with Gasteiger partial charge in [0.2, 0.25) is 5.95 Å². The number of aromatic nitrogens is 6. The molecule has 2 aromatic heterocycles. The molecule has 1 N–H and O–H groups in total. The van der Waals surface area contributed by atoms with Gasteiger partial charge >= 0.3 is 0 Å². The molecule has 0 saturated carbocycles. The van der Waals surface area contributed by atoms with E-state index in [1.807, 2.05) is 24.7 Å². The van der Waals surface area contributed by atoms with Gasteiger partial charge in [-0.25, -0.2) is 14.6 Å². The summed E-state index contributed by atoms with van der Waals surface area (Å²) in [4.78, 5) is 14.1. The molecule has 2 aliphatic heterocycles. The number of hydrogen-bond acceptors (Lipinski definition) is 12. The van der Waals surface area contributed by atoms with E-state index in [1.54, 1.807) is 36.6 Å². The van der Waals surface area contributed by atoms with Gasteiger partial charge in [-0.15, -0.1) is 5.10 Å². The minimum absolute atomic E-state index is 0.455. The molecule has 227 valence electrons. The first-order chi connectivity index (χ1) is 21.6. The van der Waals surface area contributed by atoms with Crippen LogP contribution >= 0.6 is 0 Å².